The number of aliphatic hydroxyl groups is 1. The first kappa shape index (κ1) is 14.3. The van der Waals surface area contributed by atoms with Crippen LogP contribution < -0.4 is 4.90 Å². The van der Waals surface area contributed by atoms with Crippen LogP contribution >= 0.6 is 15.9 Å². The van der Waals surface area contributed by atoms with Crippen molar-refractivity contribution in [3.8, 4) is 0 Å². The molecule has 2 atom stereocenters. The van der Waals surface area contributed by atoms with Crippen molar-refractivity contribution >= 4 is 27.5 Å². The van der Waals surface area contributed by atoms with Crippen molar-refractivity contribution in [1.29, 1.82) is 0 Å². The molecule has 0 bridgehead atoms. The molecule has 4 nitrogen and oxygen atoms in total. The number of aliphatic hydroxyl groups excluding tert-OH is 1. The number of anilines is 1. The predicted molar refractivity (Wildman–Crippen MR) is 79.3 cm³/mol. The zero-order valence-corrected chi connectivity index (χ0v) is 13.0. The number of nitrogens with zero attached hydrogens (tertiary/aromatic N) is 2. The van der Waals surface area contributed by atoms with Crippen LogP contribution in [0.25, 0.3) is 0 Å². The van der Waals surface area contributed by atoms with Crippen LogP contribution in [0.1, 0.15) is 12.5 Å². The van der Waals surface area contributed by atoms with Gasteiger partial charge in [-0.05, 0) is 37.6 Å². The molecule has 0 spiro atoms. The van der Waals surface area contributed by atoms with Gasteiger partial charge in [-0.3, -0.25) is 4.79 Å². The van der Waals surface area contributed by atoms with Gasteiger partial charge in [-0.25, -0.2) is 0 Å². The molecule has 0 saturated carbocycles. The highest BCUT2D eigenvalue weighted by Crippen LogP contribution is 2.27. The summed E-state index contributed by atoms with van der Waals surface area (Å²) in [5.41, 5.74) is 2.10. The molecule has 1 heterocycles. The molecular formula is C14H19BrN2O2. The van der Waals surface area contributed by atoms with Crippen LogP contribution in [0.2, 0.25) is 0 Å². The summed E-state index contributed by atoms with van der Waals surface area (Å²) < 4.78 is 1.05. The SMILES string of the molecule is Cc1cc(N2CC(C)N(C)C(=O)C2CO)ccc1Br. The van der Waals surface area contributed by atoms with Gasteiger partial charge in [0.15, 0.2) is 0 Å². The second kappa shape index (κ2) is 5.51. The van der Waals surface area contributed by atoms with Crippen LogP contribution in [0, 0.1) is 6.92 Å². The van der Waals surface area contributed by atoms with E-state index in [0.29, 0.717) is 0 Å². The number of carbonyl (C=O) groups excluding carboxylic acids is 1. The average molecular weight is 327 g/mol. The minimum atomic E-state index is -0.484. The molecule has 1 aliphatic heterocycles. The van der Waals surface area contributed by atoms with Gasteiger partial charge in [-0.1, -0.05) is 15.9 Å². The van der Waals surface area contributed by atoms with E-state index in [-0.39, 0.29) is 18.6 Å². The summed E-state index contributed by atoms with van der Waals surface area (Å²) in [5.74, 6) is -0.0261. The molecule has 1 saturated heterocycles. The van der Waals surface area contributed by atoms with Gasteiger partial charge >= 0.3 is 0 Å². The first-order valence-electron chi connectivity index (χ1n) is 6.36. The lowest BCUT2D eigenvalue weighted by Crippen LogP contribution is -2.61. The highest BCUT2D eigenvalue weighted by Gasteiger charge is 2.36. The second-order valence-electron chi connectivity index (χ2n) is 5.08. The topological polar surface area (TPSA) is 43.8 Å². The van der Waals surface area contributed by atoms with Crippen molar-refractivity contribution in [2.75, 3.05) is 25.1 Å². The molecule has 1 aliphatic rings. The van der Waals surface area contributed by atoms with Crippen LogP contribution in [0.5, 0.6) is 0 Å². The maximum absolute atomic E-state index is 12.2. The van der Waals surface area contributed by atoms with Crippen molar-refractivity contribution in [3.05, 3.63) is 28.2 Å². The summed E-state index contributed by atoms with van der Waals surface area (Å²) in [5, 5.41) is 9.52. The predicted octanol–water partition coefficient (Wildman–Crippen LogP) is 1.79. The Morgan fingerprint density at radius 1 is 1.47 bits per heavy atom. The Morgan fingerprint density at radius 3 is 2.74 bits per heavy atom. The van der Waals surface area contributed by atoms with Crippen LogP contribution in [0.3, 0.4) is 0 Å². The van der Waals surface area contributed by atoms with Crippen molar-refractivity contribution in [2.24, 2.45) is 0 Å². The summed E-state index contributed by atoms with van der Waals surface area (Å²) in [6.07, 6.45) is 0. The summed E-state index contributed by atoms with van der Waals surface area (Å²) >= 11 is 3.48. The van der Waals surface area contributed by atoms with Crippen LogP contribution in [-0.4, -0.2) is 48.2 Å². The molecule has 0 aliphatic carbocycles. The van der Waals surface area contributed by atoms with Gasteiger partial charge in [0.05, 0.1) is 6.61 Å². The number of carbonyl (C=O) groups is 1. The van der Waals surface area contributed by atoms with Gasteiger partial charge in [-0.15, -0.1) is 0 Å². The molecule has 5 heteroatoms. The zero-order valence-electron chi connectivity index (χ0n) is 11.4. The minimum absolute atomic E-state index is 0.0261. The van der Waals surface area contributed by atoms with Crippen LogP contribution in [-0.2, 0) is 4.79 Å². The van der Waals surface area contributed by atoms with Crippen LogP contribution in [0.4, 0.5) is 5.69 Å². The third-order valence-corrected chi connectivity index (χ3v) is 4.67. The third kappa shape index (κ3) is 2.62. The van der Waals surface area contributed by atoms with Crippen LogP contribution in [0.15, 0.2) is 22.7 Å². The quantitative estimate of drug-likeness (QED) is 0.901. The van der Waals surface area contributed by atoms with E-state index in [1.54, 1.807) is 11.9 Å². The number of piperazine rings is 1. The molecule has 1 aromatic carbocycles. The van der Waals surface area contributed by atoms with Gasteiger partial charge in [0, 0.05) is 29.8 Å². The van der Waals surface area contributed by atoms with Gasteiger partial charge in [-0.2, -0.15) is 0 Å². The first-order chi connectivity index (χ1) is 8.95. The van der Waals surface area contributed by atoms with E-state index in [1.807, 2.05) is 36.9 Å². The number of amides is 1. The van der Waals surface area contributed by atoms with E-state index in [2.05, 4.69) is 15.9 Å². The highest BCUT2D eigenvalue weighted by molar-refractivity contribution is 9.10. The third-order valence-electron chi connectivity index (χ3n) is 3.78. The Balaban J connectivity index is 2.35. The Hall–Kier alpha value is -1.07. The van der Waals surface area contributed by atoms with E-state index in [4.69, 9.17) is 0 Å². The van der Waals surface area contributed by atoms with Gasteiger partial charge in [0.25, 0.3) is 0 Å². The molecule has 1 N–H and O–H groups in total. The summed E-state index contributed by atoms with van der Waals surface area (Å²) in [7, 11) is 1.79. The zero-order chi connectivity index (χ0) is 14.2. The molecule has 1 fully saturated rings. The Morgan fingerprint density at radius 2 is 2.16 bits per heavy atom. The van der Waals surface area contributed by atoms with E-state index in [9.17, 15) is 9.90 Å². The lowest BCUT2D eigenvalue weighted by molar-refractivity contribution is -0.136. The molecule has 2 rings (SSSR count). The summed E-state index contributed by atoms with van der Waals surface area (Å²) in [6, 6.07) is 5.65. The second-order valence-corrected chi connectivity index (χ2v) is 5.94. The molecular weight excluding hydrogens is 308 g/mol. The summed E-state index contributed by atoms with van der Waals surface area (Å²) in [4.78, 5) is 15.9. The van der Waals surface area contributed by atoms with Crippen molar-refractivity contribution < 1.29 is 9.90 Å². The minimum Gasteiger partial charge on any atom is -0.394 e. The number of likely N-dealkylation sites (N-methyl/N-ethyl adjacent to an activating group) is 1. The summed E-state index contributed by atoms with van der Waals surface area (Å²) in [6.45, 7) is 4.60. The normalized spacial score (nSPS) is 23.9. The number of hydrogen-bond acceptors (Lipinski definition) is 3. The number of halogens is 1. The van der Waals surface area contributed by atoms with Gasteiger partial charge < -0.3 is 14.9 Å². The molecule has 2 unspecified atom stereocenters. The Labute approximate surface area is 122 Å². The fourth-order valence-corrected chi connectivity index (χ4v) is 2.64. The largest absolute Gasteiger partial charge is 0.394 e. The van der Waals surface area contributed by atoms with E-state index >= 15 is 0 Å². The number of benzene rings is 1. The van der Waals surface area contributed by atoms with Crippen molar-refractivity contribution in [3.63, 3.8) is 0 Å². The fourth-order valence-electron chi connectivity index (χ4n) is 2.39. The standard InChI is InChI=1S/C14H19BrN2O2/c1-9-6-11(4-5-12(9)15)17-7-10(2)16(3)14(19)13(17)8-18/h4-6,10,13,18H,7-8H2,1-3H3. The van der Waals surface area contributed by atoms with Crippen molar-refractivity contribution in [1.82, 2.24) is 4.90 Å². The highest BCUT2D eigenvalue weighted by atomic mass is 79.9. The number of aryl methyl sites for hydroxylation is 1. The maximum atomic E-state index is 12.2. The number of rotatable bonds is 2. The average Bonchev–Trinajstić information content (AvgIpc) is 2.39. The number of hydrogen-bond donors (Lipinski definition) is 1. The van der Waals surface area contributed by atoms with Gasteiger partial charge in [0.2, 0.25) is 5.91 Å². The smallest absolute Gasteiger partial charge is 0.247 e. The Bertz CT molecular complexity index is 492. The maximum Gasteiger partial charge on any atom is 0.247 e. The first-order valence-corrected chi connectivity index (χ1v) is 7.15. The van der Waals surface area contributed by atoms with E-state index in [1.165, 1.54) is 0 Å². The molecule has 0 radical (unpaired) electrons. The lowest BCUT2D eigenvalue weighted by Gasteiger charge is -2.43. The molecule has 0 aromatic heterocycles. The fraction of sp³-hybridized carbons (Fsp3) is 0.500. The molecule has 1 amide bonds. The van der Waals surface area contributed by atoms with E-state index < -0.39 is 6.04 Å². The molecule has 104 valence electrons. The monoisotopic (exact) mass is 326 g/mol. The van der Waals surface area contributed by atoms with Gasteiger partial charge in [0.1, 0.15) is 6.04 Å². The molecule has 1 aromatic rings. The lowest BCUT2D eigenvalue weighted by atomic mass is 10.1. The van der Waals surface area contributed by atoms with Crippen molar-refractivity contribution in [2.45, 2.75) is 25.9 Å². The Kier molecular flexibility index (Phi) is 4.16. The van der Waals surface area contributed by atoms with E-state index in [0.717, 1.165) is 22.3 Å². The molecule has 19 heavy (non-hydrogen) atoms.